The highest BCUT2D eigenvalue weighted by Gasteiger charge is 2.30. The van der Waals surface area contributed by atoms with Gasteiger partial charge in [-0.1, -0.05) is 30.6 Å². The number of piperidine rings is 1. The molecular formula is C21H29N3O5S. The standard InChI is InChI=1S/C21H29N3O5S/c1-2-4-16-6-8-18(9-7-16)30(25,26)24-12-10-17(11-13-24)28-15-20-22-21(29-23-20)19-5-3-14-27-19/h6-9,17,19H,2-5,10-15H2,1H3. The lowest BCUT2D eigenvalue weighted by Crippen LogP contribution is -2.40. The van der Waals surface area contributed by atoms with Crippen LogP contribution in [-0.2, 0) is 32.5 Å². The molecule has 2 aliphatic heterocycles. The van der Waals surface area contributed by atoms with Crippen molar-refractivity contribution in [3.05, 3.63) is 41.5 Å². The van der Waals surface area contributed by atoms with E-state index in [1.165, 1.54) is 0 Å². The van der Waals surface area contributed by atoms with Gasteiger partial charge >= 0.3 is 0 Å². The maximum Gasteiger partial charge on any atom is 0.255 e. The SMILES string of the molecule is CCCc1ccc(S(=O)(=O)N2CCC(OCc3noc(C4CCCO4)n3)CC2)cc1. The maximum absolute atomic E-state index is 12.9. The minimum Gasteiger partial charge on any atom is -0.370 e. The van der Waals surface area contributed by atoms with E-state index >= 15 is 0 Å². The van der Waals surface area contributed by atoms with Gasteiger partial charge < -0.3 is 14.0 Å². The van der Waals surface area contributed by atoms with Crippen LogP contribution in [0.3, 0.4) is 0 Å². The Morgan fingerprint density at radius 1 is 1.17 bits per heavy atom. The summed E-state index contributed by atoms with van der Waals surface area (Å²) < 4.78 is 44.1. The van der Waals surface area contributed by atoms with Crippen LogP contribution in [0.1, 0.15) is 62.4 Å². The van der Waals surface area contributed by atoms with Crippen LogP contribution in [0.25, 0.3) is 0 Å². The van der Waals surface area contributed by atoms with Crippen LogP contribution < -0.4 is 0 Å². The summed E-state index contributed by atoms with van der Waals surface area (Å²) in [5, 5.41) is 3.96. The number of benzene rings is 1. The van der Waals surface area contributed by atoms with E-state index in [2.05, 4.69) is 17.1 Å². The summed E-state index contributed by atoms with van der Waals surface area (Å²) in [5.74, 6) is 1.01. The van der Waals surface area contributed by atoms with Gasteiger partial charge in [0.05, 0.1) is 11.0 Å². The fraction of sp³-hybridized carbons (Fsp3) is 0.619. The average Bonchev–Trinajstić information content (AvgIpc) is 3.45. The maximum atomic E-state index is 12.9. The molecule has 0 spiro atoms. The van der Waals surface area contributed by atoms with Crippen molar-refractivity contribution in [1.29, 1.82) is 0 Å². The van der Waals surface area contributed by atoms with Gasteiger partial charge in [-0.2, -0.15) is 9.29 Å². The second kappa shape index (κ2) is 9.55. The lowest BCUT2D eigenvalue weighted by Gasteiger charge is -2.31. The molecule has 2 fully saturated rings. The zero-order valence-electron chi connectivity index (χ0n) is 17.3. The van der Waals surface area contributed by atoms with Gasteiger partial charge in [-0.3, -0.25) is 0 Å². The van der Waals surface area contributed by atoms with Gasteiger partial charge in [-0.25, -0.2) is 8.42 Å². The van der Waals surface area contributed by atoms with E-state index in [0.29, 0.717) is 42.5 Å². The Bertz CT molecular complexity index is 914. The number of hydrogen-bond donors (Lipinski definition) is 0. The highest BCUT2D eigenvalue weighted by Crippen LogP contribution is 2.27. The van der Waals surface area contributed by atoms with Crippen molar-refractivity contribution in [3.8, 4) is 0 Å². The predicted molar refractivity (Wildman–Crippen MR) is 109 cm³/mol. The first-order chi connectivity index (χ1) is 14.6. The summed E-state index contributed by atoms with van der Waals surface area (Å²) in [4.78, 5) is 4.71. The molecule has 0 N–H and O–H groups in total. The van der Waals surface area contributed by atoms with Crippen LogP contribution in [0, 0.1) is 0 Å². The molecule has 164 valence electrons. The minimum absolute atomic E-state index is 0.0203. The second-order valence-corrected chi connectivity index (χ2v) is 9.80. The van der Waals surface area contributed by atoms with Crippen LogP contribution in [0.4, 0.5) is 0 Å². The molecule has 4 rings (SSSR count). The fourth-order valence-corrected chi connectivity index (χ4v) is 5.40. The Morgan fingerprint density at radius 2 is 1.93 bits per heavy atom. The molecule has 9 heteroatoms. The van der Waals surface area contributed by atoms with Crippen LogP contribution >= 0.6 is 0 Å². The smallest absolute Gasteiger partial charge is 0.255 e. The van der Waals surface area contributed by atoms with Crippen molar-refractivity contribution in [3.63, 3.8) is 0 Å². The largest absolute Gasteiger partial charge is 0.370 e. The molecule has 3 heterocycles. The Balaban J connectivity index is 1.27. The number of nitrogens with zero attached hydrogens (tertiary/aromatic N) is 3. The third-order valence-corrected chi connectivity index (χ3v) is 7.55. The first-order valence-corrected chi connectivity index (χ1v) is 12.1. The predicted octanol–water partition coefficient (Wildman–Crippen LogP) is 3.24. The van der Waals surface area contributed by atoms with Crippen molar-refractivity contribution in [2.45, 2.75) is 69.2 Å². The van der Waals surface area contributed by atoms with Crippen molar-refractivity contribution < 1.29 is 22.4 Å². The molecular weight excluding hydrogens is 406 g/mol. The number of aryl methyl sites for hydroxylation is 1. The molecule has 2 aliphatic rings. The van der Waals surface area contributed by atoms with Crippen molar-refractivity contribution in [2.75, 3.05) is 19.7 Å². The molecule has 8 nitrogen and oxygen atoms in total. The molecule has 0 saturated carbocycles. The van der Waals surface area contributed by atoms with Gasteiger partial charge in [-0.05, 0) is 49.8 Å². The van der Waals surface area contributed by atoms with Crippen molar-refractivity contribution >= 4 is 10.0 Å². The molecule has 30 heavy (non-hydrogen) atoms. The molecule has 0 aliphatic carbocycles. The highest BCUT2D eigenvalue weighted by molar-refractivity contribution is 7.89. The highest BCUT2D eigenvalue weighted by atomic mass is 32.2. The Hall–Kier alpha value is -1.81. The minimum atomic E-state index is -3.47. The Kier molecular flexibility index (Phi) is 6.82. The van der Waals surface area contributed by atoms with E-state index in [9.17, 15) is 8.42 Å². The van der Waals surface area contributed by atoms with Crippen LogP contribution in [0.5, 0.6) is 0 Å². The summed E-state index contributed by atoms with van der Waals surface area (Å²) in [6.45, 7) is 3.97. The van der Waals surface area contributed by atoms with Gasteiger partial charge in [-0.15, -0.1) is 0 Å². The van der Waals surface area contributed by atoms with E-state index in [1.807, 2.05) is 12.1 Å². The second-order valence-electron chi connectivity index (χ2n) is 7.86. The monoisotopic (exact) mass is 435 g/mol. The normalized spacial score (nSPS) is 21.3. The molecule has 1 atom stereocenters. The third-order valence-electron chi connectivity index (χ3n) is 5.64. The van der Waals surface area contributed by atoms with E-state index in [0.717, 1.165) is 37.9 Å². The van der Waals surface area contributed by atoms with Gasteiger partial charge in [0, 0.05) is 19.7 Å². The molecule has 0 bridgehead atoms. The third kappa shape index (κ3) is 4.91. The van der Waals surface area contributed by atoms with E-state index in [1.54, 1.807) is 16.4 Å². The summed E-state index contributed by atoms with van der Waals surface area (Å²) in [5.41, 5.74) is 1.16. The Morgan fingerprint density at radius 3 is 2.60 bits per heavy atom. The summed E-state index contributed by atoms with van der Waals surface area (Å²) >= 11 is 0. The van der Waals surface area contributed by atoms with Crippen molar-refractivity contribution in [1.82, 2.24) is 14.4 Å². The van der Waals surface area contributed by atoms with Gasteiger partial charge in [0.1, 0.15) is 12.7 Å². The van der Waals surface area contributed by atoms with Gasteiger partial charge in [0.2, 0.25) is 10.0 Å². The number of ether oxygens (including phenoxy) is 2. The summed E-state index contributed by atoms with van der Waals surface area (Å²) in [7, 11) is -3.47. The Labute approximate surface area is 177 Å². The average molecular weight is 436 g/mol. The molecule has 2 aromatic rings. The molecule has 0 radical (unpaired) electrons. The molecule has 1 unspecified atom stereocenters. The lowest BCUT2D eigenvalue weighted by molar-refractivity contribution is 0.00637. The van der Waals surface area contributed by atoms with Crippen molar-refractivity contribution in [2.24, 2.45) is 0 Å². The quantitative estimate of drug-likeness (QED) is 0.628. The molecule has 2 saturated heterocycles. The first-order valence-electron chi connectivity index (χ1n) is 10.7. The van der Waals surface area contributed by atoms with Gasteiger partial charge in [0.25, 0.3) is 5.89 Å². The lowest BCUT2D eigenvalue weighted by atomic mass is 10.1. The van der Waals surface area contributed by atoms with E-state index < -0.39 is 10.0 Å². The summed E-state index contributed by atoms with van der Waals surface area (Å²) in [6.07, 6.45) is 5.06. The van der Waals surface area contributed by atoms with E-state index in [-0.39, 0.29) is 18.8 Å². The first kappa shape index (κ1) is 21.4. The fourth-order valence-electron chi connectivity index (χ4n) is 3.93. The van der Waals surface area contributed by atoms with Gasteiger partial charge in [0.15, 0.2) is 5.82 Å². The topological polar surface area (TPSA) is 94.8 Å². The van der Waals surface area contributed by atoms with E-state index in [4.69, 9.17) is 14.0 Å². The molecule has 1 aromatic heterocycles. The number of rotatable bonds is 8. The van der Waals surface area contributed by atoms with Crippen LogP contribution in [0.2, 0.25) is 0 Å². The molecule has 1 aromatic carbocycles. The number of hydrogen-bond acceptors (Lipinski definition) is 7. The summed E-state index contributed by atoms with van der Waals surface area (Å²) in [6, 6.07) is 7.24. The zero-order chi connectivity index (χ0) is 21.0. The van der Waals surface area contributed by atoms with Crippen LogP contribution in [-0.4, -0.2) is 48.7 Å². The number of aromatic nitrogens is 2. The zero-order valence-corrected chi connectivity index (χ0v) is 18.1. The molecule has 0 amide bonds. The van der Waals surface area contributed by atoms with Crippen LogP contribution in [0.15, 0.2) is 33.7 Å². The number of sulfonamides is 1.